The Morgan fingerprint density at radius 1 is 0.592 bits per heavy atom. The van der Waals surface area contributed by atoms with Crippen molar-refractivity contribution < 1.29 is 59.3 Å². The first kappa shape index (κ1) is 50.9. The maximum absolute atomic E-state index is 14.7. The van der Waals surface area contributed by atoms with Crippen molar-refractivity contribution >= 4 is 109 Å². The summed E-state index contributed by atoms with van der Waals surface area (Å²) in [5, 5.41) is 33.4. The van der Waals surface area contributed by atoms with Crippen LogP contribution < -0.4 is 14.8 Å². The minimum absolute atomic E-state index is 0.00858. The molecule has 2 fully saturated rings. The van der Waals surface area contributed by atoms with Crippen molar-refractivity contribution in [2.24, 2.45) is 0 Å². The van der Waals surface area contributed by atoms with Gasteiger partial charge in [0.25, 0.3) is 26.0 Å². The molecule has 71 heavy (non-hydrogen) atoms. The van der Waals surface area contributed by atoms with E-state index in [0.29, 0.717) is 41.0 Å². The Bertz CT molecular complexity index is 3580. The van der Waals surface area contributed by atoms with Gasteiger partial charge in [-0.25, -0.2) is 39.2 Å². The molecule has 1 amide bonds. The number of carboxylic acid groups (broad SMARTS) is 1. The quantitative estimate of drug-likeness (QED) is 0.0716. The summed E-state index contributed by atoms with van der Waals surface area (Å²) in [5.74, 6) is -7.70. The van der Waals surface area contributed by atoms with Gasteiger partial charge in [-0.05, 0) is 97.4 Å². The van der Waals surface area contributed by atoms with E-state index >= 15 is 0 Å². The van der Waals surface area contributed by atoms with E-state index in [2.05, 4.69) is 10.0 Å². The highest BCUT2D eigenvalue weighted by atomic mass is 35.5. The van der Waals surface area contributed by atoms with Gasteiger partial charge < -0.3 is 25.5 Å². The number of amides is 1. The molecule has 0 saturated carbocycles. The first-order valence-electron chi connectivity index (χ1n) is 21.0. The van der Waals surface area contributed by atoms with E-state index in [-0.39, 0.29) is 21.7 Å². The second kappa shape index (κ2) is 20.7. The Morgan fingerprint density at radius 2 is 1.00 bits per heavy atom. The van der Waals surface area contributed by atoms with E-state index in [4.69, 9.17) is 28.3 Å². The Hall–Kier alpha value is -6.46. The summed E-state index contributed by atoms with van der Waals surface area (Å²) in [6.07, 6.45) is 2.22. The lowest BCUT2D eigenvalue weighted by Crippen LogP contribution is -2.42. The third-order valence-electron chi connectivity index (χ3n) is 11.0. The number of hydrogen-bond acceptors (Lipinski definition) is 11. The molecule has 0 radical (unpaired) electrons. The van der Waals surface area contributed by atoms with Gasteiger partial charge >= 0.3 is 5.97 Å². The third-order valence-corrected chi connectivity index (χ3v) is 16.6. The van der Waals surface area contributed by atoms with Crippen molar-refractivity contribution in [2.45, 2.75) is 22.6 Å². The molecule has 6 aromatic carbocycles. The van der Waals surface area contributed by atoms with Gasteiger partial charge in [0.05, 0.1) is 27.0 Å². The van der Waals surface area contributed by atoms with Crippen LogP contribution in [-0.2, 0) is 20.0 Å². The van der Waals surface area contributed by atoms with Crippen molar-refractivity contribution in [3.8, 4) is 32.4 Å². The Morgan fingerprint density at radius 3 is 1.38 bits per heavy atom. The SMILES string of the molecule is C1CNC1.O=C(O)c1cc(Cl)c(O)c(S(=O)(=O)Nc2cc(-c3cc4ccccc4s3)c(F)cc2F)c1.O=C(c1cc(Cl)c(O)c(S(=O)(=O)Nc2cc(-c3cc4ccccc4s3)c(F)cc2F)c1)N1CCC1. The number of aromatic hydroxyl groups is 2. The fourth-order valence-electron chi connectivity index (χ4n) is 6.94. The smallest absolute Gasteiger partial charge is 0.335 e. The van der Waals surface area contributed by atoms with Crippen molar-refractivity contribution in [1.29, 1.82) is 0 Å². The number of fused-ring (bicyclic) bond motifs is 2. The highest BCUT2D eigenvalue weighted by Gasteiger charge is 2.29. The predicted octanol–water partition coefficient (Wildman–Crippen LogP) is 11.5. The highest BCUT2D eigenvalue weighted by molar-refractivity contribution is 7.93. The van der Waals surface area contributed by atoms with E-state index in [1.165, 1.54) is 53.2 Å². The van der Waals surface area contributed by atoms with E-state index in [1.54, 1.807) is 12.1 Å². The first-order valence-corrected chi connectivity index (χ1v) is 26.4. The van der Waals surface area contributed by atoms with Gasteiger partial charge in [-0.2, -0.15) is 0 Å². The van der Waals surface area contributed by atoms with Crippen molar-refractivity contribution in [3.05, 3.63) is 154 Å². The predicted molar refractivity (Wildman–Crippen MR) is 267 cm³/mol. The Labute approximate surface area is 420 Å². The van der Waals surface area contributed by atoms with Crippen molar-refractivity contribution in [2.75, 3.05) is 35.6 Å². The standard InChI is InChI=1S/C24H17ClF2N2O4S2.C21H12ClF2NO5S2.C3H7N/c25-16-8-14(24(31)29-6-3-7-29)10-22(23(16)30)35(32,33)28-19-11-15(17(26)12-18(19)27)21-9-13-4-1-2-5-20(13)34-21;22-13-5-11(21(27)28)7-19(20(13)26)32(29,30)25-16-8-12(14(23)9-15(16)24)18-6-10-3-1-2-4-17(10)31-18;1-2-4-3-1/h1-2,4-5,8-12,28,30H,3,6-7H2;1-9,25-26H,(H,27,28);4H,1-3H2. The number of nitrogens with zero attached hydrogens (tertiary/aromatic N) is 1. The largest absolute Gasteiger partial charge is 0.505 e. The minimum Gasteiger partial charge on any atom is -0.505 e. The summed E-state index contributed by atoms with van der Waals surface area (Å²) in [4.78, 5) is 24.7. The van der Waals surface area contributed by atoms with Crippen LogP contribution in [0.5, 0.6) is 11.5 Å². The molecule has 0 unspecified atom stereocenters. The summed E-state index contributed by atoms with van der Waals surface area (Å²) >= 11 is 14.3. The van der Waals surface area contributed by atoms with Gasteiger partial charge in [0.1, 0.15) is 33.1 Å². The molecule has 2 saturated heterocycles. The number of rotatable bonds is 10. The molecule has 23 heteroatoms. The summed E-state index contributed by atoms with van der Waals surface area (Å²) < 4.78 is 116. The fraction of sp³-hybridized carbons (Fsp3) is 0.125. The number of phenols is 2. The van der Waals surface area contributed by atoms with Gasteiger partial charge in [0, 0.05) is 61.1 Å². The monoisotopic (exact) mass is 1090 g/mol. The van der Waals surface area contributed by atoms with Crippen LogP contribution in [0.2, 0.25) is 10.0 Å². The van der Waals surface area contributed by atoms with Gasteiger partial charge in [-0.15, -0.1) is 22.7 Å². The minimum atomic E-state index is -4.69. The number of sulfonamides is 2. The van der Waals surface area contributed by atoms with E-state index in [9.17, 15) is 54.2 Å². The zero-order valence-electron chi connectivity index (χ0n) is 36.3. The van der Waals surface area contributed by atoms with Crippen LogP contribution in [0.4, 0.5) is 28.9 Å². The van der Waals surface area contributed by atoms with Crippen LogP contribution >= 0.6 is 45.9 Å². The molecule has 368 valence electrons. The number of nitrogens with one attached hydrogen (secondary N) is 3. The number of thiophene rings is 2. The summed E-state index contributed by atoms with van der Waals surface area (Å²) in [6.45, 7) is 3.55. The van der Waals surface area contributed by atoms with Gasteiger partial charge in [0.2, 0.25) is 0 Å². The molecule has 4 heterocycles. The Balaban J connectivity index is 0.000000177. The molecule has 0 spiro atoms. The second-order valence-corrected chi connectivity index (χ2v) is 22.1. The number of halogens is 6. The lowest BCUT2D eigenvalue weighted by Gasteiger charge is -2.31. The van der Waals surface area contributed by atoms with Gasteiger partial charge in [-0.3, -0.25) is 14.2 Å². The molecule has 2 aliphatic heterocycles. The normalized spacial score (nSPS) is 13.3. The number of aromatic carboxylic acids is 1. The van der Waals surface area contributed by atoms with Crippen LogP contribution in [0.15, 0.2) is 119 Å². The van der Waals surface area contributed by atoms with Crippen molar-refractivity contribution in [3.63, 3.8) is 0 Å². The number of hydrogen-bond donors (Lipinski definition) is 6. The maximum Gasteiger partial charge on any atom is 0.335 e. The first-order chi connectivity index (χ1) is 33.7. The van der Waals surface area contributed by atoms with Crippen molar-refractivity contribution in [1.82, 2.24) is 10.2 Å². The number of carbonyl (C=O) groups is 2. The third kappa shape index (κ3) is 11.1. The Kier molecular flexibility index (Phi) is 14.9. The lowest BCUT2D eigenvalue weighted by molar-refractivity contribution is 0.0650. The van der Waals surface area contributed by atoms with Crippen LogP contribution in [0.25, 0.3) is 41.1 Å². The molecule has 8 aromatic rings. The fourth-order valence-corrected chi connectivity index (χ4v) is 12.1. The molecule has 0 atom stereocenters. The molecule has 6 N–H and O–H groups in total. The van der Waals surface area contributed by atoms with E-state index in [1.807, 2.05) is 53.3 Å². The topological polar surface area (TPSA) is 202 Å². The lowest BCUT2D eigenvalue weighted by atomic mass is 10.1. The van der Waals surface area contributed by atoms with E-state index in [0.717, 1.165) is 50.9 Å². The van der Waals surface area contributed by atoms with Crippen LogP contribution in [-0.4, -0.2) is 75.1 Å². The average molecular weight is 1090 g/mol. The zero-order chi connectivity index (χ0) is 50.9. The number of phenolic OH excluding ortho intramolecular Hbond substituents is 2. The number of benzene rings is 6. The number of carbonyl (C=O) groups excluding carboxylic acids is 1. The highest BCUT2D eigenvalue weighted by Crippen LogP contribution is 2.41. The molecule has 0 bridgehead atoms. The zero-order valence-corrected chi connectivity index (χ0v) is 41.1. The number of likely N-dealkylation sites (tertiary alicyclic amines) is 1. The van der Waals surface area contributed by atoms with Gasteiger partial charge in [-0.1, -0.05) is 59.6 Å². The molecule has 13 nitrogen and oxygen atoms in total. The van der Waals surface area contributed by atoms with Crippen LogP contribution in [0, 0.1) is 23.3 Å². The second-order valence-electron chi connectivity index (χ2n) is 15.8. The summed E-state index contributed by atoms with van der Waals surface area (Å²) in [5.41, 5.74) is -1.66. The number of anilines is 2. The molecule has 0 aliphatic carbocycles. The summed E-state index contributed by atoms with van der Waals surface area (Å²) in [7, 11) is -9.30. The molecule has 10 rings (SSSR count). The molecule has 2 aliphatic rings. The van der Waals surface area contributed by atoms with Gasteiger partial charge in [0.15, 0.2) is 11.5 Å². The number of carboxylic acids is 1. The molecule has 2 aromatic heterocycles. The molecular formula is C48H36Cl2F4N4O9S4. The maximum atomic E-state index is 14.7. The van der Waals surface area contributed by atoms with Crippen LogP contribution in [0.1, 0.15) is 33.6 Å². The van der Waals surface area contributed by atoms with Crippen LogP contribution in [0.3, 0.4) is 0 Å². The molecular weight excluding hydrogens is 1050 g/mol. The average Bonchev–Trinajstić information content (AvgIpc) is 3.91. The summed E-state index contributed by atoms with van der Waals surface area (Å²) in [6, 6.07) is 25.0. The van der Waals surface area contributed by atoms with E-state index < -0.39 is 98.4 Å².